The number of benzene rings is 1. The van der Waals surface area contributed by atoms with E-state index >= 15 is 0 Å². The number of ether oxygens (including phenoxy) is 1. The summed E-state index contributed by atoms with van der Waals surface area (Å²) in [7, 11) is 0. The Labute approximate surface area is 78.8 Å². The van der Waals surface area contributed by atoms with E-state index in [-0.39, 0.29) is 6.10 Å². The minimum absolute atomic E-state index is 0.0187. The van der Waals surface area contributed by atoms with Crippen LogP contribution >= 0.6 is 0 Å². The van der Waals surface area contributed by atoms with Gasteiger partial charge in [-0.15, -0.1) is 0 Å². The molecule has 0 saturated heterocycles. The average molecular weight is 175 g/mol. The first-order valence-corrected chi connectivity index (χ1v) is 4.35. The van der Waals surface area contributed by atoms with Crippen molar-refractivity contribution in [3.05, 3.63) is 35.9 Å². The largest absolute Gasteiger partial charge is 0.373 e. The SMILES string of the molecule is CC(CC#N)OCc1ccccc1. The van der Waals surface area contributed by atoms with Gasteiger partial charge in [-0.05, 0) is 12.5 Å². The van der Waals surface area contributed by atoms with Gasteiger partial charge in [-0.1, -0.05) is 30.3 Å². The Morgan fingerprint density at radius 1 is 1.38 bits per heavy atom. The van der Waals surface area contributed by atoms with Crippen molar-refractivity contribution in [3.8, 4) is 6.07 Å². The maximum Gasteiger partial charge on any atom is 0.0720 e. The first-order valence-electron chi connectivity index (χ1n) is 4.35. The summed E-state index contributed by atoms with van der Waals surface area (Å²) < 4.78 is 5.45. The summed E-state index contributed by atoms with van der Waals surface area (Å²) >= 11 is 0. The molecule has 0 amide bonds. The molecule has 0 aromatic heterocycles. The molecular weight excluding hydrogens is 162 g/mol. The van der Waals surface area contributed by atoms with Crippen LogP contribution in [-0.4, -0.2) is 6.10 Å². The van der Waals surface area contributed by atoms with Crippen LogP contribution in [0.3, 0.4) is 0 Å². The number of hydrogen-bond donors (Lipinski definition) is 0. The molecule has 0 fully saturated rings. The van der Waals surface area contributed by atoms with Gasteiger partial charge in [0.05, 0.1) is 25.2 Å². The molecule has 0 spiro atoms. The number of nitriles is 1. The molecule has 68 valence electrons. The molecule has 13 heavy (non-hydrogen) atoms. The van der Waals surface area contributed by atoms with Gasteiger partial charge < -0.3 is 4.74 Å². The Morgan fingerprint density at radius 3 is 2.69 bits per heavy atom. The number of nitrogens with zero attached hydrogens (tertiary/aromatic N) is 1. The lowest BCUT2D eigenvalue weighted by atomic mass is 10.2. The van der Waals surface area contributed by atoms with Gasteiger partial charge >= 0.3 is 0 Å². The highest BCUT2D eigenvalue weighted by molar-refractivity contribution is 5.13. The fourth-order valence-corrected chi connectivity index (χ4v) is 1.00. The molecule has 0 aliphatic carbocycles. The summed E-state index contributed by atoms with van der Waals surface area (Å²) in [6, 6.07) is 12.0. The average Bonchev–Trinajstić information content (AvgIpc) is 2.17. The van der Waals surface area contributed by atoms with Crippen molar-refractivity contribution in [2.45, 2.75) is 26.1 Å². The fourth-order valence-electron chi connectivity index (χ4n) is 1.00. The Kier molecular flexibility index (Phi) is 4.01. The zero-order valence-corrected chi connectivity index (χ0v) is 7.73. The maximum atomic E-state index is 8.40. The van der Waals surface area contributed by atoms with Gasteiger partial charge in [0, 0.05) is 0 Å². The minimum atomic E-state index is 0.0187. The summed E-state index contributed by atoms with van der Waals surface area (Å²) in [6.45, 7) is 2.50. The first-order chi connectivity index (χ1) is 6.33. The van der Waals surface area contributed by atoms with Crippen molar-refractivity contribution in [2.24, 2.45) is 0 Å². The molecule has 0 N–H and O–H groups in total. The van der Waals surface area contributed by atoms with Crippen LogP contribution in [0.4, 0.5) is 0 Å². The third kappa shape index (κ3) is 3.73. The molecule has 0 radical (unpaired) electrons. The van der Waals surface area contributed by atoms with E-state index < -0.39 is 0 Å². The topological polar surface area (TPSA) is 33.0 Å². The standard InChI is InChI=1S/C11H13NO/c1-10(7-8-12)13-9-11-5-3-2-4-6-11/h2-6,10H,7,9H2,1H3. The van der Waals surface area contributed by atoms with Gasteiger partial charge in [0.25, 0.3) is 0 Å². The van der Waals surface area contributed by atoms with Crippen molar-refractivity contribution in [1.29, 1.82) is 5.26 Å². The lowest BCUT2D eigenvalue weighted by Gasteiger charge is -2.08. The molecule has 1 aromatic rings. The van der Waals surface area contributed by atoms with Gasteiger partial charge in [-0.25, -0.2) is 0 Å². The van der Waals surface area contributed by atoms with E-state index in [1.807, 2.05) is 37.3 Å². The van der Waals surface area contributed by atoms with Crippen molar-refractivity contribution in [3.63, 3.8) is 0 Å². The normalized spacial score (nSPS) is 12.0. The Balaban J connectivity index is 2.32. The van der Waals surface area contributed by atoms with E-state index in [4.69, 9.17) is 10.00 Å². The van der Waals surface area contributed by atoms with Crippen LogP contribution in [0.5, 0.6) is 0 Å². The van der Waals surface area contributed by atoms with Crippen molar-refractivity contribution < 1.29 is 4.74 Å². The van der Waals surface area contributed by atoms with Crippen LogP contribution in [0, 0.1) is 11.3 Å². The molecule has 1 aromatic carbocycles. The molecule has 0 bridgehead atoms. The number of rotatable bonds is 4. The molecular formula is C11H13NO. The Hall–Kier alpha value is -1.33. The molecule has 0 aliphatic heterocycles. The van der Waals surface area contributed by atoms with Crippen LogP contribution < -0.4 is 0 Å². The van der Waals surface area contributed by atoms with Gasteiger partial charge in [-0.3, -0.25) is 0 Å². The Bertz CT molecular complexity index is 276. The third-order valence-electron chi connectivity index (χ3n) is 1.76. The summed E-state index contributed by atoms with van der Waals surface area (Å²) in [5, 5.41) is 8.40. The van der Waals surface area contributed by atoms with E-state index in [2.05, 4.69) is 6.07 Å². The molecule has 0 saturated carbocycles. The van der Waals surface area contributed by atoms with Crippen molar-refractivity contribution >= 4 is 0 Å². The van der Waals surface area contributed by atoms with Crippen LogP contribution in [-0.2, 0) is 11.3 Å². The zero-order chi connectivity index (χ0) is 9.52. The monoisotopic (exact) mass is 175 g/mol. The lowest BCUT2D eigenvalue weighted by molar-refractivity contribution is 0.0563. The van der Waals surface area contributed by atoms with Crippen LogP contribution in [0.25, 0.3) is 0 Å². The molecule has 2 heteroatoms. The van der Waals surface area contributed by atoms with Crippen LogP contribution in [0.15, 0.2) is 30.3 Å². The van der Waals surface area contributed by atoms with Crippen LogP contribution in [0.2, 0.25) is 0 Å². The van der Waals surface area contributed by atoms with E-state index in [1.165, 1.54) is 0 Å². The predicted octanol–water partition coefficient (Wildman–Crippen LogP) is 2.51. The quantitative estimate of drug-likeness (QED) is 0.704. The van der Waals surface area contributed by atoms with Crippen molar-refractivity contribution in [1.82, 2.24) is 0 Å². The first kappa shape index (κ1) is 9.76. The summed E-state index contributed by atoms with van der Waals surface area (Å²) in [4.78, 5) is 0. The van der Waals surface area contributed by atoms with Gasteiger partial charge in [0.15, 0.2) is 0 Å². The smallest absolute Gasteiger partial charge is 0.0720 e. The maximum absolute atomic E-state index is 8.40. The van der Waals surface area contributed by atoms with Crippen LogP contribution in [0.1, 0.15) is 18.9 Å². The molecule has 2 nitrogen and oxygen atoms in total. The molecule has 0 aliphatic rings. The zero-order valence-electron chi connectivity index (χ0n) is 7.73. The van der Waals surface area contributed by atoms with E-state index in [9.17, 15) is 0 Å². The second kappa shape index (κ2) is 5.34. The molecule has 1 atom stereocenters. The molecule has 0 heterocycles. The van der Waals surface area contributed by atoms with Gasteiger partial charge in [0.1, 0.15) is 0 Å². The second-order valence-electron chi connectivity index (χ2n) is 2.97. The molecule has 1 unspecified atom stereocenters. The van der Waals surface area contributed by atoms with Gasteiger partial charge in [0.2, 0.25) is 0 Å². The highest BCUT2D eigenvalue weighted by Gasteiger charge is 2.00. The highest BCUT2D eigenvalue weighted by atomic mass is 16.5. The minimum Gasteiger partial charge on any atom is -0.373 e. The van der Waals surface area contributed by atoms with E-state index in [1.54, 1.807) is 0 Å². The summed E-state index contributed by atoms with van der Waals surface area (Å²) in [5.41, 5.74) is 1.15. The van der Waals surface area contributed by atoms with Crippen molar-refractivity contribution in [2.75, 3.05) is 0 Å². The summed E-state index contributed by atoms with van der Waals surface area (Å²) in [5.74, 6) is 0. The fraction of sp³-hybridized carbons (Fsp3) is 0.364. The molecule has 1 rings (SSSR count). The predicted molar refractivity (Wildman–Crippen MR) is 50.9 cm³/mol. The van der Waals surface area contributed by atoms with Gasteiger partial charge in [-0.2, -0.15) is 5.26 Å². The second-order valence-corrected chi connectivity index (χ2v) is 2.97. The Morgan fingerprint density at radius 2 is 2.08 bits per heavy atom. The third-order valence-corrected chi connectivity index (χ3v) is 1.76. The van der Waals surface area contributed by atoms with E-state index in [0.29, 0.717) is 13.0 Å². The lowest BCUT2D eigenvalue weighted by Crippen LogP contribution is -2.06. The highest BCUT2D eigenvalue weighted by Crippen LogP contribution is 2.04. The number of hydrogen-bond acceptors (Lipinski definition) is 2. The van der Waals surface area contributed by atoms with E-state index in [0.717, 1.165) is 5.56 Å². The summed E-state index contributed by atoms with van der Waals surface area (Å²) in [6.07, 6.45) is 0.470.